The number of imide groups is 1. The quantitative estimate of drug-likeness (QED) is 0.684. The highest BCUT2D eigenvalue weighted by Crippen LogP contribution is 2.34. The van der Waals surface area contributed by atoms with E-state index in [0.717, 1.165) is 0 Å². The lowest BCUT2D eigenvalue weighted by Gasteiger charge is -2.26. The molecule has 5 heteroatoms. The third kappa shape index (κ3) is 2.13. The standard InChI is InChI=1S/C16H18N2O3/c1-10-6-7-11-12(9-10)15(20)18(14(11)19)13-5-3-4-8-17(2)16(13)21/h4,6-8,10,13H,3,5,9H2,1-2H3/t10?,13-/m0/s1. The lowest BCUT2D eigenvalue weighted by molar-refractivity contribution is -0.148. The molecule has 1 unspecified atom stereocenters. The molecule has 2 aliphatic heterocycles. The van der Waals surface area contributed by atoms with Gasteiger partial charge in [-0.3, -0.25) is 19.3 Å². The Morgan fingerprint density at radius 1 is 1.19 bits per heavy atom. The molecule has 1 aliphatic carbocycles. The molecule has 0 aromatic carbocycles. The zero-order valence-electron chi connectivity index (χ0n) is 12.2. The Labute approximate surface area is 123 Å². The molecule has 3 rings (SSSR count). The molecule has 5 nitrogen and oxygen atoms in total. The van der Waals surface area contributed by atoms with Crippen LogP contribution in [0.5, 0.6) is 0 Å². The highest BCUT2D eigenvalue weighted by Gasteiger charge is 2.45. The molecule has 0 saturated heterocycles. The minimum absolute atomic E-state index is 0.206. The summed E-state index contributed by atoms with van der Waals surface area (Å²) < 4.78 is 0. The molecule has 110 valence electrons. The van der Waals surface area contributed by atoms with E-state index in [1.54, 1.807) is 19.3 Å². The van der Waals surface area contributed by atoms with Crippen molar-refractivity contribution < 1.29 is 14.4 Å². The van der Waals surface area contributed by atoms with Gasteiger partial charge >= 0.3 is 0 Å². The van der Waals surface area contributed by atoms with E-state index in [-0.39, 0.29) is 23.6 Å². The van der Waals surface area contributed by atoms with Crippen LogP contribution in [-0.2, 0) is 14.4 Å². The van der Waals surface area contributed by atoms with E-state index in [9.17, 15) is 14.4 Å². The Balaban J connectivity index is 1.91. The van der Waals surface area contributed by atoms with Gasteiger partial charge < -0.3 is 4.90 Å². The van der Waals surface area contributed by atoms with Crippen LogP contribution >= 0.6 is 0 Å². The average molecular weight is 286 g/mol. The Morgan fingerprint density at radius 3 is 2.71 bits per heavy atom. The molecule has 3 aliphatic rings. The molecule has 0 bridgehead atoms. The van der Waals surface area contributed by atoms with Gasteiger partial charge in [0.05, 0.1) is 0 Å². The van der Waals surface area contributed by atoms with E-state index in [0.29, 0.717) is 30.4 Å². The summed E-state index contributed by atoms with van der Waals surface area (Å²) in [7, 11) is 1.65. The van der Waals surface area contributed by atoms with Gasteiger partial charge in [-0.1, -0.05) is 25.2 Å². The van der Waals surface area contributed by atoms with Crippen LogP contribution in [0.25, 0.3) is 0 Å². The van der Waals surface area contributed by atoms with E-state index in [4.69, 9.17) is 0 Å². The van der Waals surface area contributed by atoms with Crippen molar-refractivity contribution in [2.24, 2.45) is 5.92 Å². The van der Waals surface area contributed by atoms with Crippen LogP contribution in [0.4, 0.5) is 0 Å². The second-order valence-electron chi connectivity index (χ2n) is 5.84. The van der Waals surface area contributed by atoms with Gasteiger partial charge in [-0.05, 0) is 25.2 Å². The summed E-state index contributed by atoms with van der Waals surface area (Å²) in [5.41, 5.74) is 1.02. The highest BCUT2D eigenvalue weighted by molar-refractivity contribution is 6.22. The topological polar surface area (TPSA) is 57.7 Å². The summed E-state index contributed by atoms with van der Waals surface area (Å²) >= 11 is 0. The first kappa shape index (κ1) is 13.8. The summed E-state index contributed by atoms with van der Waals surface area (Å²) in [6, 6.07) is -0.695. The summed E-state index contributed by atoms with van der Waals surface area (Å²) in [5.74, 6) is -0.580. The van der Waals surface area contributed by atoms with Crippen molar-refractivity contribution in [3.8, 4) is 0 Å². The van der Waals surface area contributed by atoms with Crippen molar-refractivity contribution in [2.45, 2.75) is 32.2 Å². The van der Waals surface area contributed by atoms with E-state index < -0.39 is 6.04 Å². The molecule has 0 N–H and O–H groups in total. The molecular weight excluding hydrogens is 268 g/mol. The number of hydrogen-bond donors (Lipinski definition) is 0. The molecule has 0 spiro atoms. The number of carbonyl (C=O) groups excluding carboxylic acids is 3. The highest BCUT2D eigenvalue weighted by atomic mass is 16.2. The van der Waals surface area contributed by atoms with E-state index in [2.05, 4.69) is 0 Å². The van der Waals surface area contributed by atoms with Crippen molar-refractivity contribution in [3.63, 3.8) is 0 Å². The summed E-state index contributed by atoms with van der Waals surface area (Å²) in [6.45, 7) is 2.01. The number of carbonyl (C=O) groups is 3. The SMILES string of the molecule is CC1C=CC2=C(C1)C(=O)N([C@H]1CCC=CN(C)C1=O)C2=O. The van der Waals surface area contributed by atoms with Crippen LogP contribution in [-0.4, -0.2) is 40.6 Å². The predicted molar refractivity (Wildman–Crippen MR) is 76.7 cm³/mol. The van der Waals surface area contributed by atoms with Crippen LogP contribution in [0, 0.1) is 5.92 Å². The third-order valence-corrected chi connectivity index (χ3v) is 4.25. The number of amides is 3. The fourth-order valence-electron chi connectivity index (χ4n) is 3.07. The first-order valence-corrected chi connectivity index (χ1v) is 7.23. The number of nitrogens with zero attached hydrogens (tertiary/aromatic N) is 2. The Kier molecular flexibility index (Phi) is 3.27. The normalized spacial score (nSPS) is 29.3. The van der Waals surface area contributed by atoms with E-state index >= 15 is 0 Å². The van der Waals surface area contributed by atoms with Crippen molar-refractivity contribution in [1.82, 2.24) is 9.80 Å². The van der Waals surface area contributed by atoms with Crippen LogP contribution in [0.1, 0.15) is 26.2 Å². The minimum atomic E-state index is -0.695. The zero-order valence-corrected chi connectivity index (χ0v) is 12.2. The first-order chi connectivity index (χ1) is 10.0. The number of hydrogen-bond acceptors (Lipinski definition) is 3. The molecule has 0 fully saturated rings. The monoisotopic (exact) mass is 286 g/mol. The van der Waals surface area contributed by atoms with Crippen LogP contribution < -0.4 is 0 Å². The van der Waals surface area contributed by atoms with Gasteiger partial charge in [-0.25, -0.2) is 0 Å². The van der Waals surface area contributed by atoms with Crippen LogP contribution in [0.3, 0.4) is 0 Å². The van der Waals surface area contributed by atoms with Crippen molar-refractivity contribution >= 4 is 17.7 Å². The second-order valence-corrected chi connectivity index (χ2v) is 5.84. The van der Waals surface area contributed by atoms with Gasteiger partial charge in [0, 0.05) is 24.4 Å². The molecule has 0 aromatic rings. The summed E-state index contributed by atoms with van der Waals surface area (Å²) in [4.78, 5) is 40.1. The average Bonchev–Trinajstić information content (AvgIpc) is 2.58. The molecule has 3 amide bonds. The van der Waals surface area contributed by atoms with Gasteiger partial charge in [0.1, 0.15) is 6.04 Å². The van der Waals surface area contributed by atoms with Crippen LogP contribution in [0.15, 0.2) is 35.6 Å². The van der Waals surface area contributed by atoms with Crippen LogP contribution in [0.2, 0.25) is 0 Å². The fourth-order valence-corrected chi connectivity index (χ4v) is 3.07. The van der Waals surface area contributed by atoms with Crippen molar-refractivity contribution in [2.75, 3.05) is 7.05 Å². The second kappa shape index (κ2) is 4.98. The Morgan fingerprint density at radius 2 is 1.95 bits per heavy atom. The van der Waals surface area contributed by atoms with Gasteiger partial charge in [-0.15, -0.1) is 0 Å². The van der Waals surface area contributed by atoms with Gasteiger partial charge in [0.2, 0.25) is 5.91 Å². The molecule has 0 saturated carbocycles. The Bertz CT molecular complexity index is 615. The predicted octanol–water partition coefficient (Wildman–Crippen LogP) is 1.38. The summed E-state index contributed by atoms with van der Waals surface area (Å²) in [5, 5.41) is 0. The van der Waals surface area contributed by atoms with Crippen molar-refractivity contribution in [3.05, 3.63) is 35.6 Å². The van der Waals surface area contributed by atoms with E-state index in [1.165, 1.54) is 9.80 Å². The molecule has 2 heterocycles. The largest absolute Gasteiger partial charge is 0.321 e. The van der Waals surface area contributed by atoms with Gasteiger partial charge in [-0.2, -0.15) is 0 Å². The zero-order chi connectivity index (χ0) is 15.1. The molecule has 2 atom stereocenters. The molecular formula is C16H18N2O3. The third-order valence-electron chi connectivity index (χ3n) is 4.25. The lowest BCUT2D eigenvalue weighted by Crippen LogP contribution is -2.49. The molecule has 0 radical (unpaired) electrons. The van der Waals surface area contributed by atoms with Gasteiger partial charge in [0.25, 0.3) is 11.8 Å². The number of allylic oxidation sites excluding steroid dienone is 2. The maximum atomic E-state index is 12.6. The molecule has 21 heavy (non-hydrogen) atoms. The lowest BCUT2D eigenvalue weighted by atomic mass is 9.92. The smallest absolute Gasteiger partial charge is 0.261 e. The maximum Gasteiger partial charge on any atom is 0.261 e. The van der Waals surface area contributed by atoms with Crippen molar-refractivity contribution in [1.29, 1.82) is 0 Å². The molecule has 0 aromatic heterocycles. The van der Waals surface area contributed by atoms with Gasteiger partial charge in [0.15, 0.2) is 0 Å². The minimum Gasteiger partial charge on any atom is -0.321 e. The Hall–Kier alpha value is -2.17. The fraction of sp³-hybridized carbons (Fsp3) is 0.438. The number of rotatable bonds is 1. The maximum absolute atomic E-state index is 12.6. The van der Waals surface area contributed by atoms with E-state index in [1.807, 2.05) is 19.1 Å². The first-order valence-electron chi connectivity index (χ1n) is 7.23. The summed E-state index contributed by atoms with van der Waals surface area (Å²) in [6.07, 6.45) is 8.98. The number of likely N-dealkylation sites (N-methyl/N-ethyl adjacent to an activating group) is 1.